The van der Waals surface area contributed by atoms with E-state index in [1.54, 1.807) is 11.8 Å². The summed E-state index contributed by atoms with van der Waals surface area (Å²) in [5.41, 5.74) is 1.55. The number of nitrogens with zero attached hydrogens (tertiary/aromatic N) is 3. The lowest BCUT2D eigenvalue weighted by Gasteiger charge is -2.20. The fraction of sp³-hybridized carbons (Fsp3) is 0.368. The van der Waals surface area contributed by atoms with Crippen LogP contribution >= 0.6 is 11.8 Å². The summed E-state index contributed by atoms with van der Waals surface area (Å²) in [6.45, 7) is 4.28. The first-order chi connectivity index (χ1) is 12.3. The molecule has 3 heterocycles. The largest absolute Gasteiger partial charge is 0.356 e. The van der Waals surface area contributed by atoms with Gasteiger partial charge in [-0.1, -0.05) is 12.1 Å². The van der Waals surface area contributed by atoms with Crippen LogP contribution in [0.4, 0.5) is 17.3 Å². The molecule has 2 aromatic rings. The highest BCUT2D eigenvalue weighted by atomic mass is 32.2. The number of nitrogens with one attached hydrogen (secondary N) is 2. The molecule has 25 heavy (non-hydrogen) atoms. The molecule has 5 nitrogen and oxygen atoms in total. The Labute approximate surface area is 152 Å². The van der Waals surface area contributed by atoms with Gasteiger partial charge in [-0.2, -0.15) is 5.26 Å². The van der Waals surface area contributed by atoms with Crippen molar-refractivity contribution in [3.63, 3.8) is 0 Å². The standard InChI is InChI=1S/C19H21N5S/c1-25-17-5-3-2-4-16(17)22-19-13(8-20)6-7-18(23-19)24-11-14-9-21-10-15(14)12-24/h2-7,14-15,21H,9-12H2,1H3,(H,22,23)/t14-,15+. The highest BCUT2D eigenvalue weighted by Crippen LogP contribution is 2.32. The fourth-order valence-corrected chi connectivity index (χ4v) is 4.28. The normalized spacial score (nSPS) is 21.8. The summed E-state index contributed by atoms with van der Waals surface area (Å²) in [6, 6.07) is 14.2. The average molecular weight is 351 g/mol. The number of pyridine rings is 1. The number of aromatic nitrogens is 1. The first-order valence-corrected chi connectivity index (χ1v) is 9.78. The molecule has 4 rings (SSSR count). The zero-order chi connectivity index (χ0) is 17.2. The number of para-hydroxylation sites is 1. The van der Waals surface area contributed by atoms with Crippen molar-refractivity contribution in [3.05, 3.63) is 42.0 Å². The highest BCUT2D eigenvalue weighted by molar-refractivity contribution is 7.98. The zero-order valence-corrected chi connectivity index (χ0v) is 15.0. The Bertz CT molecular complexity index is 804. The molecule has 2 atom stereocenters. The van der Waals surface area contributed by atoms with Gasteiger partial charge in [0.2, 0.25) is 0 Å². The van der Waals surface area contributed by atoms with Gasteiger partial charge >= 0.3 is 0 Å². The Hall–Kier alpha value is -2.23. The minimum absolute atomic E-state index is 0.570. The van der Waals surface area contributed by atoms with Crippen LogP contribution in [0.1, 0.15) is 5.56 Å². The van der Waals surface area contributed by atoms with Crippen molar-refractivity contribution in [3.8, 4) is 6.07 Å². The zero-order valence-electron chi connectivity index (χ0n) is 14.2. The summed E-state index contributed by atoms with van der Waals surface area (Å²) in [5.74, 6) is 3.02. The molecule has 0 unspecified atom stereocenters. The van der Waals surface area contributed by atoms with E-state index >= 15 is 0 Å². The van der Waals surface area contributed by atoms with E-state index < -0.39 is 0 Å². The summed E-state index contributed by atoms with van der Waals surface area (Å²) in [7, 11) is 0. The monoisotopic (exact) mass is 351 g/mol. The van der Waals surface area contributed by atoms with Crippen LogP contribution in [0, 0.1) is 23.2 Å². The van der Waals surface area contributed by atoms with Crippen LogP contribution < -0.4 is 15.5 Å². The summed E-state index contributed by atoms with van der Waals surface area (Å²) in [5, 5.41) is 16.3. The van der Waals surface area contributed by atoms with Crippen LogP contribution in [0.2, 0.25) is 0 Å². The molecule has 2 fully saturated rings. The SMILES string of the molecule is CSc1ccccc1Nc1nc(N2C[C@H]3CNC[C@H]3C2)ccc1C#N. The summed E-state index contributed by atoms with van der Waals surface area (Å²) >= 11 is 1.68. The average Bonchev–Trinajstić information content (AvgIpc) is 3.24. The lowest BCUT2D eigenvalue weighted by molar-refractivity contribution is 0.533. The third kappa shape index (κ3) is 3.17. The number of rotatable bonds is 4. The second-order valence-electron chi connectivity index (χ2n) is 6.59. The van der Waals surface area contributed by atoms with Crippen molar-refractivity contribution in [2.24, 2.45) is 11.8 Å². The molecule has 0 amide bonds. The van der Waals surface area contributed by atoms with Gasteiger partial charge in [0.05, 0.1) is 11.3 Å². The smallest absolute Gasteiger partial charge is 0.150 e. The molecule has 0 spiro atoms. The Morgan fingerprint density at radius 2 is 1.96 bits per heavy atom. The molecular formula is C19H21N5S. The Balaban J connectivity index is 1.62. The molecule has 0 bridgehead atoms. The Morgan fingerprint density at radius 3 is 2.68 bits per heavy atom. The molecule has 0 aliphatic carbocycles. The number of nitriles is 1. The predicted molar refractivity (Wildman–Crippen MR) is 103 cm³/mol. The van der Waals surface area contributed by atoms with Crippen molar-refractivity contribution >= 4 is 29.1 Å². The van der Waals surface area contributed by atoms with Crippen molar-refractivity contribution in [1.82, 2.24) is 10.3 Å². The number of benzene rings is 1. The Morgan fingerprint density at radius 1 is 1.20 bits per heavy atom. The van der Waals surface area contributed by atoms with Gasteiger partial charge in [-0.15, -0.1) is 11.8 Å². The van der Waals surface area contributed by atoms with Crippen LogP contribution in [0.5, 0.6) is 0 Å². The molecule has 2 saturated heterocycles. The maximum Gasteiger partial charge on any atom is 0.150 e. The van der Waals surface area contributed by atoms with Crippen molar-refractivity contribution in [1.29, 1.82) is 5.26 Å². The quantitative estimate of drug-likeness (QED) is 0.826. The molecule has 0 radical (unpaired) electrons. The molecule has 2 aliphatic rings. The van der Waals surface area contributed by atoms with E-state index in [1.165, 1.54) is 0 Å². The molecule has 128 valence electrons. The van der Waals surface area contributed by atoms with Gasteiger partial charge < -0.3 is 15.5 Å². The number of hydrogen-bond acceptors (Lipinski definition) is 6. The van der Waals surface area contributed by atoms with E-state index in [1.807, 2.05) is 36.6 Å². The topological polar surface area (TPSA) is 64.0 Å². The van der Waals surface area contributed by atoms with E-state index in [0.29, 0.717) is 23.2 Å². The molecule has 1 aromatic heterocycles. The van der Waals surface area contributed by atoms with Gasteiger partial charge in [0.1, 0.15) is 11.9 Å². The van der Waals surface area contributed by atoms with Crippen LogP contribution in [0.3, 0.4) is 0 Å². The summed E-state index contributed by atoms with van der Waals surface area (Å²) < 4.78 is 0. The lowest BCUT2D eigenvalue weighted by atomic mass is 10.0. The summed E-state index contributed by atoms with van der Waals surface area (Å²) in [4.78, 5) is 8.28. The summed E-state index contributed by atoms with van der Waals surface area (Å²) in [6.07, 6.45) is 2.05. The maximum atomic E-state index is 9.45. The van der Waals surface area contributed by atoms with Crippen LogP contribution in [-0.4, -0.2) is 37.4 Å². The molecule has 0 saturated carbocycles. The van der Waals surface area contributed by atoms with E-state index in [4.69, 9.17) is 4.98 Å². The predicted octanol–water partition coefficient (Wildman–Crippen LogP) is 3.07. The molecule has 6 heteroatoms. The second kappa shape index (κ2) is 6.95. The van der Waals surface area contributed by atoms with E-state index in [0.717, 1.165) is 42.6 Å². The highest BCUT2D eigenvalue weighted by Gasteiger charge is 2.36. The number of anilines is 3. The van der Waals surface area contributed by atoms with Crippen molar-refractivity contribution in [2.75, 3.05) is 42.7 Å². The molecule has 2 aliphatic heterocycles. The molecule has 2 N–H and O–H groups in total. The van der Waals surface area contributed by atoms with Crippen molar-refractivity contribution in [2.45, 2.75) is 4.90 Å². The molecule has 1 aromatic carbocycles. The second-order valence-corrected chi connectivity index (χ2v) is 7.43. The third-order valence-corrected chi connectivity index (χ3v) is 5.87. The third-order valence-electron chi connectivity index (χ3n) is 5.07. The van der Waals surface area contributed by atoms with Gasteiger partial charge in [-0.3, -0.25) is 0 Å². The first-order valence-electron chi connectivity index (χ1n) is 8.55. The van der Waals surface area contributed by atoms with E-state index in [2.05, 4.69) is 27.7 Å². The fourth-order valence-electron chi connectivity index (χ4n) is 3.73. The first kappa shape index (κ1) is 16.2. The minimum atomic E-state index is 0.570. The minimum Gasteiger partial charge on any atom is -0.356 e. The van der Waals surface area contributed by atoms with E-state index in [9.17, 15) is 5.26 Å². The number of fused-ring (bicyclic) bond motifs is 1. The van der Waals surface area contributed by atoms with Gasteiger partial charge in [-0.05, 0) is 42.4 Å². The Kier molecular flexibility index (Phi) is 4.51. The van der Waals surface area contributed by atoms with Crippen LogP contribution in [0.25, 0.3) is 0 Å². The van der Waals surface area contributed by atoms with Gasteiger partial charge in [0.15, 0.2) is 5.82 Å². The van der Waals surface area contributed by atoms with Crippen LogP contribution in [-0.2, 0) is 0 Å². The van der Waals surface area contributed by atoms with Gasteiger partial charge in [0.25, 0.3) is 0 Å². The lowest BCUT2D eigenvalue weighted by Crippen LogP contribution is -2.26. The number of hydrogen-bond donors (Lipinski definition) is 2. The van der Waals surface area contributed by atoms with Gasteiger partial charge in [-0.25, -0.2) is 4.98 Å². The number of thioether (sulfide) groups is 1. The van der Waals surface area contributed by atoms with Crippen molar-refractivity contribution < 1.29 is 0 Å². The van der Waals surface area contributed by atoms with Crippen LogP contribution in [0.15, 0.2) is 41.3 Å². The van der Waals surface area contributed by atoms with E-state index in [-0.39, 0.29) is 0 Å². The van der Waals surface area contributed by atoms with Gasteiger partial charge in [0, 0.05) is 31.1 Å². The molecular weight excluding hydrogens is 330 g/mol. The maximum absolute atomic E-state index is 9.45.